The summed E-state index contributed by atoms with van der Waals surface area (Å²) >= 11 is 5.14. The standard InChI is InChI=1S/C23H24N4O3S/c1-2-21(28)25-23(31)24-17-7-9-18(10-8-17)26-11-13-27(14-12-26)22(29)20-15-16-5-3-4-6-19(16)30-20/h3-10,15H,2,11-14H2,1H3,(H2,24,25,28,31). The van der Waals surface area contributed by atoms with Crippen LogP contribution in [0.3, 0.4) is 0 Å². The number of piperazine rings is 1. The molecule has 0 atom stereocenters. The highest BCUT2D eigenvalue weighted by Crippen LogP contribution is 2.23. The van der Waals surface area contributed by atoms with Gasteiger partial charge in [0.15, 0.2) is 10.9 Å². The van der Waals surface area contributed by atoms with Crippen LogP contribution in [0.25, 0.3) is 11.0 Å². The summed E-state index contributed by atoms with van der Waals surface area (Å²) in [7, 11) is 0. The Bertz CT molecular complexity index is 1070. The molecule has 1 saturated heterocycles. The summed E-state index contributed by atoms with van der Waals surface area (Å²) in [6, 6.07) is 17.3. The molecule has 160 valence electrons. The van der Waals surface area contributed by atoms with Crippen molar-refractivity contribution in [1.82, 2.24) is 10.2 Å². The maximum atomic E-state index is 12.8. The van der Waals surface area contributed by atoms with E-state index in [-0.39, 0.29) is 16.9 Å². The first-order valence-corrected chi connectivity index (χ1v) is 10.7. The minimum atomic E-state index is -0.121. The summed E-state index contributed by atoms with van der Waals surface area (Å²) < 4.78 is 5.72. The third-order valence-corrected chi connectivity index (χ3v) is 5.47. The molecule has 8 heteroatoms. The largest absolute Gasteiger partial charge is 0.451 e. The predicted octanol–water partition coefficient (Wildman–Crippen LogP) is 3.62. The Morgan fingerprint density at radius 3 is 2.42 bits per heavy atom. The van der Waals surface area contributed by atoms with Crippen LogP contribution in [0, 0.1) is 0 Å². The van der Waals surface area contributed by atoms with Gasteiger partial charge in [-0.25, -0.2) is 0 Å². The molecule has 2 N–H and O–H groups in total. The van der Waals surface area contributed by atoms with Gasteiger partial charge in [-0.2, -0.15) is 0 Å². The van der Waals surface area contributed by atoms with E-state index in [9.17, 15) is 9.59 Å². The van der Waals surface area contributed by atoms with E-state index in [1.807, 2.05) is 59.5 Å². The number of anilines is 2. The van der Waals surface area contributed by atoms with Crippen LogP contribution >= 0.6 is 12.2 Å². The van der Waals surface area contributed by atoms with Crippen molar-refractivity contribution < 1.29 is 14.0 Å². The van der Waals surface area contributed by atoms with Crippen molar-refractivity contribution in [3.05, 3.63) is 60.4 Å². The minimum Gasteiger partial charge on any atom is -0.451 e. The zero-order chi connectivity index (χ0) is 21.8. The quantitative estimate of drug-likeness (QED) is 0.609. The Morgan fingerprint density at radius 1 is 1.03 bits per heavy atom. The molecule has 0 bridgehead atoms. The average molecular weight is 437 g/mol. The highest BCUT2D eigenvalue weighted by molar-refractivity contribution is 7.80. The van der Waals surface area contributed by atoms with Gasteiger partial charge in [0.05, 0.1) is 0 Å². The summed E-state index contributed by atoms with van der Waals surface area (Å²) in [6.07, 6.45) is 0.381. The SMILES string of the molecule is CCC(=O)NC(=S)Nc1ccc(N2CCN(C(=O)c3cc4ccccc4o3)CC2)cc1. The van der Waals surface area contributed by atoms with Gasteiger partial charge in [-0.3, -0.25) is 9.59 Å². The van der Waals surface area contributed by atoms with Gasteiger partial charge in [-0.15, -0.1) is 0 Å². The van der Waals surface area contributed by atoms with Gasteiger partial charge >= 0.3 is 0 Å². The number of fused-ring (bicyclic) bond motifs is 1. The van der Waals surface area contributed by atoms with E-state index in [1.165, 1.54) is 0 Å². The smallest absolute Gasteiger partial charge is 0.289 e. The Kier molecular flexibility index (Phi) is 6.18. The molecule has 1 aliphatic heterocycles. The molecule has 0 aliphatic carbocycles. The van der Waals surface area contributed by atoms with Crippen molar-refractivity contribution in [3.63, 3.8) is 0 Å². The van der Waals surface area contributed by atoms with Crippen LogP contribution in [0.4, 0.5) is 11.4 Å². The van der Waals surface area contributed by atoms with Gasteiger partial charge in [0.1, 0.15) is 5.58 Å². The zero-order valence-corrected chi connectivity index (χ0v) is 18.1. The Morgan fingerprint density at radius 2 is 1.74 bits per heavy atom. The maximum absolute atomic E-state index is 12.8. The van der Waals surface area contributed by atoms with Gasteiger partial charge in [-0.1, -0.05) is 25.1 Å². The van der Waals surface area contributed by atoms with Gasteiger partial charge in [0.25, 0.3) is 5.91 Å². The van der Waals surface area contributed by atoms with E-state index in [0.29, 0.717) is 25.3 Å². The molecule has 3 aromatic rings. The van der Waals surface area contributed by atoms with E-state index in [0.717, 1.165) is 35.4 Å². The molecule has 1 aliphatic rings. The van der Waals surface area contributed by atoms with Crippen LogP contribution in [0.2, 0.25) is 0 Å². The fourth-order valence-corrected chi connectivity index (χ4v) is 3.78. The van der Waals surface area contributed by atoms with E-state index in [4.69, 9.17) is 16.6 Å². The van der Waals surface area contributed by atoms with E-state index in [1.54, 1.807) is 6.92 Å². The predicted molar refractivity (Wildman–Crippen MR) is 125 cm³/mol. The average Bonchev–Trinajstić information content (AvgIpc) is 3.23. The molecule has 1 aromatic heterocycles. The van der Waals surface area contributed by atoms with E-state index in [2.05, 4.69) is 15.5 Å². The van der Waals surface area contributed by atoms with Crippen LogP contribution in [0.15, 0.2) is 59.0 Å². The molecule has 4 rings (SSSR count). The lowest BCUT2D eigenvalue weighted by atomic mass is 10.2. The van der Waals surface area contributed by atoms with Gasteiger partial charge < -0.3 is 24.9 Å². The Hall–Kier alpha value is -3.39. The molecule has 0 saturated carbocycles. The minimum absolute atomic E-state index is 0.0713. The number of rotatable bonds is 4. The normalized spacial score (nSPS) is 13.8. The van der Waals surface area contributed by atoms with Crippen LogP contribution < -0.4 is 15.5 Å². The first kappa shape index (κ1) is 20.9. The summed E-state index contributed by atoms with van der Waals surface area (Å²) in [5.74, 6) is 0.193. The summed E-state index contributed by atoms with van der Waals surface area (Å²) in [4.78, 5) is 28.3. The molecule has 2 amide bonds. The van der Waals surface area contributed by atoms with Gasteiger partial charge in [-0.05, 0) is 48.6 Å². The van der Waals surface area contributed by atoms with Crippen LogP contribution in [-0.2, 0) is 4.79 Å². The molecule has 2 aromatic carbocycles. The van der Waals surface area contributed by atoms with Crippen molar-refractivity contribution in [2.75, 3.05) is 36.4 Å². The summed E-state index contributed by atoms with van der Waals surface area (Å²) in [6.45, 7) is 4.51. The summed E-state index contributed by atoms with van der Waals surface area (Å²) in [5, 5.41) is 6.85. The number of carbonyl (C=O) groups is 2. The van der Waals surface area contributed by atoms with Gasteiger partial charge in [0.2, 0.25) is 5.91 Å². The molecule has 1 fully saturated rings. The molecule has 0 unspecified atom stereocenters. The second-order valence-corrected chi connectivity index (χ2v) is 7.74. The number of para-hydroxylation sites is 1. The first-order chi connectivity index (χ1) is 15.0. The molecule has 7 nitrogen and oxygen atoms in total. The van der Waals surface area contributed by atoms with E-state index >= 15 is 0 Å². The fourth-order valence-electron chi connectivity index (χ4n) is 3.54. The molecular weight excluding hydrogens is 412 g/mol. The number of thiocarbonyl (C=S) groups is 1. The van der Waals surface area contributed by atoms with Crippen molar-refractivity contribution in [3.8, 4) is 0 Å². The number of nitrogens with zero attached hydrogens (tertiary/aromatic N) is 2. The van der Waals surface area contributed by atoms with E-state index < -0.39 is 0 Å². The number of carbonyl (C=O) groups excluding carboxylic acids is 2. The third-order valence-electron chi connectivity index (χ3n) is 5.27. The highest BCUT2D eigenvalue weighted by atomic mass is 32.1. The lowest BCUT2D eigenvalue weighted by Crippen LogP contribution is -2.48. The van der Waals surface area contributed by atoms with Crippen molar-refractivity contribution in [1.29, 1.82) is 0 Å². The first-order valence-electron chi connectivity index (χ1n) is 10.3. The van der Waals surface area contributed by atoms with Crippen molar-refractivity contribution in [2.45, 2.75) is 13.3 Å². The Balaban J connectivity index is 1.32. The van der Waals surface area contributed by atoms with Crippen LogP contribution in [-0.4, -0.2) is 48.0 Å². The van der Waals surface area contributed by atoms with Gasteiger partial charge in [0, 0.05) is 49.4 Å². The maximum Gasteiger partial charge on any atom is 0.289 e. The highest BCUT2D eigenvalue weighted by Gasteiger charge is 2.24. The molecule has 31 heavy (non-hydrogen) atoms. The molecular formula is C23H24N4O3S. The topological polar surface area (TPSA) is 77.8 Å². The second kappa shape index (κ2) is 9.18. The second-order valence-electron chi connectivity index (χ2n) is 7.33. The van der Waals surface area contributed by atoms with Crippen LogP contribution in [0.1, 0.15) is 23.9 Å². The lowest BCUT2D eigenvalue weighted by molar-refractivity contribution is -0.119. The zero-order valence-electron chi connectivity index (χ0n) is 17.3. The van der Waals surface area contributed by atoms with Crippen molar-refractivity contribution in [2.24, 2.45) is 0 Å². The third kappa shape index (κ3) is 4.86. The van der Waals surface area contributed by atoms with Crippen LogP contribution in [0.5, 0.6) is 0 Å². The number of furan rings is 1. The number of benzene rings is 2. The number of nitrogens with one attached hydrogen (secondary N) is 2. The fraction of sp³-hybridized carbons (Fsp3) is 0.261. The number of hydrogen-bond acceptors (Lipinski definition) is 5. The molecule has 2 heterocycles. The molecule has 0 spiro atoms. The monoisotopic (exact) mass is 436 g/mol. The number of amides is 2. The van der Waals surface area contributed by atoms with Crippen molar-refractivity contribution >= 4 is 51.5 Å². The number of hydrogen-bond donors (Lipinski definition) is 2. The molecule has 0 radical (unpaired) electrons. The summed E-state index contributed by atoms with van der Waals surface area (Å²) in [5.41, 5.74) is 2.61. The lowest BCUT2D eigenvalue weighted by Gasteiger charge is -2.35. The Labute approximate surface area is 186 Å².